The molecule has 3 rings (SSSR count). The fourth-order valence-corrected chi connectivity index (χ4v) is 2.91. The molecule has 2 aromatic carbocycles. The minimum atomic E-state index is -0.253. The molecule has 1 aliphatic heterocycles. The van der Waals surface area contributed by atoms with E-state index in [1.807, 2.05) is 38.1 Å². The molecule has 1 saturated heterocycles. The molecule has 27 heavy (non-hydrogen) atoms. The van der Waals surface area contributed by atoms with Gasteiger partial charge in [0.25, 0.3) is 0 Å². The monoisotopic (exact) mass is 392 g/mol. The van der Waals surface area contributed by atoms with Crippen LogP contribution in [0.15, 0.2) is 48.5 Å². The fraction of sp³-hybridized carbons (Fsp3) is 0.381. The number of ether oxygens (including phenoxy) is 1. The van der Waals surface area contributed by atoms with Crippen molar-refractivity contribution < 1.29 is 13.9 Å². The van der Waals surface area contributed by atoms with Crippen molar-refractivity contribution in [2.24, 2.45) is 11.8 Å². The SMILES string of the molecule is CC(NC(=O)C(C)C1CNC1)c1ccc(OCc2ccc(F)cc2)cc1.Cl. The first-order valence-electron chi connectivity index (χ1n) is 9.01. The van der Waals surface area contributed by atoms with Crippen LogP contribution in [0.4, 0.5) is 4.39 Å². The number of halogens is 2. The summed E-state index contributed by atoms with van der Waals surface area (Å²) >= 11 is 0. The zero-order chi connectivity index (χ0) is 18.5. The maximum atomic E-state index is 12.9. The molecule has 2 N–H and O–H groups in total. The summed E-state index contributed by atoms with van der Waals surface area (Å²) in [5, 5.41) is 6.29. The predicted molar refractivity (Wildman–Crippen MR) is 107 cm³/mol. The highest BCUT2D eigenvalue weighted by molar-refractivity contribution is 5.85. The summed E-state index contributed by atoms with van der Waals surface area (Å²) < 4.78 is 18.6. The molecule has 0 saturated carbocycles. The second kappa shape index (κ2) is 9.72. The van der Waals surface area contributed by atoms with Gasteiger partial charge >= 0.3 is 0 Å². The summed E-state index contributed by atoms with van der Waals surface area (Å²) in [6, 6.07) is 13.9. The van der Waals surface area contributed by atoms with E-state index in [4.69, 9.17) is 4.74 Å². The van der Waals surface area contributed by atoms with Crippen LogP contribution in [0.2, 0.25) is 0 Å². The van der Waals surface area contributed by atoms with Crippen LogP contribution in [0.3, 0.4) is 0 Å². The molecule has 1 aliphatic rings. The van der Waals surface area contributed by atoms with Crippen LogP contribution in [0.1, 0.15) is 31.0 Å². The topological polar surface area (TPSA) is 50.4 Å². The summed E-state index contributed by atoms with van der Waals surface area (Å²) in [7, 11) is 0. The van der Waals surface area contributed by atoms with Gasteiger partial charge in [0.2, 0.25) is 5.91 Å². The maximum Gasteiger partial charge on any atom is 0.223 e. The van der Waals surface area contributed by atoms with Crippen molar-refractivity contribution in [3.8, 4) is 5.75 Å². The number of benzene rings is 2. The third kappa shape index (κ3) is 5.68. The number of hydrogen-bond donors (Lipinski definition) is 2. The highest BCUT2D eigenvalue weighted by Crippen LogP contribution is 2.21. The van der Waals surface area contributed by atoms with Gasteiger partial charge in [0, 0.05) is 5.92 Å². The molecule has 1 heterocycles. The summed E-state index contributed by atoms with van der Waals surface area (Å²) in [4.78, 5) is 12.3. The second-order valence-electron chi connectivity index (χ2n) is 6.92. The Bertz CT molecular complexity index is 733. The summed E-state index contributed by atoms with van der Waals surface area (Å²) in [5.74, 6) is 1.05. The lowest BCUT2D eigenvalue weighted by Crippen LogP contribution is -2.49. The molecular formula is C21H26ClFN2O2. The van der Waals surface area contributed by atoms with Crippen LogP contribution < -0.4 is 15.4 Å². The van der Waals surface area contributed by atoms with Gasteiger partial charge in [-0.05, 0) is 61.3 Å². The van der Waals surface area contributed by atoms with Crippen molar-refractivity contribution in [3.63, 3.8) is 0 Å². The summed E-state index contributed by atoms with van der Waals surface area (Å²) in [6.07, 6.45) is 0. The molecule has 0 radical (unpaired) electrons. The Balaban J connectivity index is 0.00000261. The average molecular weight is 393 g/mol. The van der Waals surface area contributed by atoms with Gasteiger partial charge in [0.05, 0.1) is 6.04 Å². The molecule has 0 spiro atoms. The minimum absolute atomic E-state index is 0. The number of carbonyl (C=O) groups is 1. The van der Waals surface area contributed by atoms with E-state index in [0.29, 0.717) is 12.5 Å². The van der Waals surface area contributed by atoms with Crippen LogP contribution in [0.25, 0.3) is 0 Å². The van der Waals surface area contributed by atoms with Crippen molar-refractivity contribution in [1.82, 2.24) is 10.6 Å². The molecule has 6 heteroatoms. The quantitative estimate of drug-likeness (QED) is 0.752. The number of nitrogens with one attached hydrogen (secondary N) is 2. The lowest BCUT2D eigenvalue weighted by molar-refractivity contribution is -0.127. The highest BCUT2D eigenvalue weighted by Gasteiger charge is 2.29. The lowest BCUT2D eigenvalue weighted by Gasteiger charge is -2.32. The number of hydrogen-bond acceptors (Lipinski definition) is 3. The first-order valence-corrected chi connectivity index (χ1v) is 9.01. The second-order valence-corrected chi connectivity index (χ2v) is 6.92. The minimum Gasteiger partial charge on any atom is -0.489 e. The van der Waals surface area contributed by atoms with Crippen molar-refractivity contribution in [1.29, 1.82) is 0 Å². The van der Waals surface area contributed by atoms with Crippen molar-refractivity contribution >= 4 is 18.3 Å². The largest absolute Gasteiger partial charge is 0.489 e. The van der Waals surface area contributed by atoms with Gasteiger partial charge in [0.15, 0.2) is 0 Å². The van der Waals surface area contributed by atoms with E-state index in [1.54, 1.807) is 12.1 Å². The number of rotatable bonds is 7. The maximum absolute atomic E-state index is 12.9. The molecule has 2 aromatic rings. The van der Waals surface area contributed by atoms with E-state index in [2.05, 4.69) is 10.6 Å². The van der Waals surface area contributed by atoms with Crippen LogP contribution in [-0.2, 0) is 11.4 Å². The van der Waals surface area contributed by atoms with Gasteiger partial charge in [-0.1, -0.05) is 31.2 Å². The zero-order valence-corrected chi connectivity index (χ0v) is 16.4. The highest BCUT2D eigenvalue weighted by atomic mass is 35.5. The molecule has 1 fully saturated rings. The van der Waals surface area contributed by atoms with Crippen molar-refractivity contribution in [2.45, 2.75) is 26.5 Å². The first kappa shape index (κ1) is 21.2. The summed E-state index contributed by atoms with van der Waals surface area (Å²) in [6.45, 7) is 6.20. The van der Waals surface area contributed by atoms with Gasteiger partial charge in [0.1, 0.15) is 18.2 Å². The summed E-state index contributed by atoms with van der Waals surface area (Å²) in [5.41, 5.74) is 1.95. The number of amides is 1. The normalized spacial score (nSPS) is 15.8. The molecule has 2 atom stereocenters. The Labute approximate surface area is 165 Å². The fourth-order valence-electron chi connectivity index (χ4n) is 2.91. The Kier molecular flexibility index (Phi) is 7.63. The molecule has 146 valence electrons. The Morgan fingerprint density at radius 2 is 1.78 bits per heavy atom. The third-order valence-electron chi connectivity index (χ3n) is 4.99. The van der Waals surface area contributed by atoms with E-state index in [0.717, 1.165) is 30.0 Å². The van der Waals surface area contributed by atoms with E-state index in [9.17, 15) is 9.18 Å². The predicted octanol–water partition coefficient (Wildman–Crippen LogP) is 3.86. The number of carbonyl (C=O) groups excluding carboxylic acids is 1. The third-order valence-corrected chi connectivity index (χ3v) is 4.99. The van der Waals surface area contributed by atoms with Crippen LogP contribution in [0, 0.1) is 17.7 Å². The van der Waals surface area contributed by atoms with E-state index < -0.39 is 0 Å². The van der Waals surface area contributed by atoms with E-state index in [-0.39, 0.29) is 36.1 Å². The molecule has 0 bridgehead atoms. The molecule has 4 nitrogen and oxygen atoms in total. The molecule has 0 aromatic heterocycles. The first-order chi connectivity index (χ1) is 12.5. The Hall–Kier alpha value is -2.11. The van der Waals surface area contributed by atoms with Gasteiger partial charge in [-0.3, -0.25) is 4.79 Å². The van der Waals surface area contributed by atoms with Crippen molar-refractivity contribution in [3.05, 3.63) is 65.5 Å². The molecule has 2 unspecified atom stereocenters. The molecule has 1 amide bonds. The van der Waals surface area contributed by atoms with Gasteiger partial charge < -0.3 is 15.4 Å². The average Bonchev–Trinajstić information content (AvgIpc) is 2.60. The van der Waals surface area contributed by atoms with E-state index >= 15 is 0 Å². The Morgan fingerprint density at radius 3 is 2.33 bits per heavy atom. The zero-order valence-electron chi connectivity index (χ0n) is 15.6. The molecular weight excluding hydrogens is 367 g/mol. The lowest BCUT2D eigenvalue weighted by atomic mass is 9.88. The smallest absolute Gasteiger partial charge is 0.223 e. The van der Waals surface area contributed by atoms with Crippen molar-refractivity contribution in [2.75, 3.05) is 13.1 Å². The van der Waals surface area contributed by atoms with E-state index in [1.165, 1.54) is 12.1 Å². The van der Waals surface area contributed by atoms with Crippen LogP contribution in [-0.4, -0.2) is 19.0 Å². The standard InChI is InChI=1S/C21H25FN2O2.ClH/c1-14(18-11-23-12-18)21(25)24-15(2)17-5-9-20(10-6-17)26-13-16-3-7-19(22)8-4-16;/h3-10,14-15,18,23H,11-13H2,1-2H3,(H,24,25);1H. The van der Waals surface area contributed by atoms with Crippen LogP contribution in [0.5, 0.6) is 5.75 Å². The Morgan fingerprint density at radius 1 is 1.15 bits per heavy atom. The van der Waals surface area contributed by atoms with Gasteiger partial charge in [-0.2, -0.15) is 0 Å². The van der Waals surface area contributed by atoms with Gasteiger partial charge in [-0.15, -0.1) is 12.4 Å². The van der Waals surface area contributed by atoms with Crippen LogP contribution >= 0.6 is 12.4 Å². The molecule has 0 aliphatic carbocycles. The van der Waals surface area contributed by atoms with Gasteiger partial charge in [-0.25, -0.2) is 4.39 Å².